The van der Waals surface area contributed by atoms with E-state index in [1.54, 1.807) is 6.20 Å². The second kappa shape index (κ2) is 4.90. The molecule has 0 amide bonds. The molecule has 2 aromatic rings. The number of benzene rings is 1. The van der Waals surface area contributed by atoms with E-state index in [0.717, 1.165) is 16.8 Å². The second-order valence-corrected chi connectivity index (χ2v) is 3.85. The van der Waals surface area contributed by atoms with E-state index in [1.807, 2.05) is 12.1 Å². The van der Waals surface area contributed by atoms with Crippen LogP contribution in [0.2, 0.25) is 0 Å². The fraction of sp³-hybridized carbons (Fsp3) is 0.214. The molecule has 0 aliphatic rings. The van der Waals surface area contributed by atoms with Crippen molar-refractivity contribution in [3.63, 3.8) is 0 Å². The maximum absolute atomic E-state index is 9.01. The molecule has 1 aromatic heterocycles. The van der Waals surface area contributed by atoms with E-state index >= 15 is 0 Å². The minimum absolute atomic E-state index is 0.157. The molecular formula is C14H15NO. The number of aliphatic hydroxyl groups is 1. The minimum atomic E-state index is 0.157. The lowest BCUT2D eigenvalue weighted by Crippen LogP contribution is -1.96. The number of nitrogens with zero attached hydrogens (tertiary/aromatic N) is 1. The van der Waals surface area contributed by atoms with Gasteiger partial charge in [0.05, 0.1) is 5.69 Å². The normalized spacial score (nSPS) is 10.4. The molecule has 0 unspecified atom stereocenters. The summed E-state index contributed by atoms with van der Waals surface area (Å²) in [5.74, 6) is 0. The van der Waals surface area contributed by atoms with Gasteiger partial charge in [-0.1, -0.05) is 35.9 Å². The smallest absolute Gasteiger partial charge is 0.0734 e. The van der Waals surface area contributed by atoms with Crippen LogP contribution in [0.25, 0.3) is 11.3 Å². The first-order valence-corrected chi connectivity index (χ1v) is 5.43. The predicted molar refractivity (Wildman–Crippen MR) is 65.2 cm³/mol. The molecule has 0 radical (unpaired) electrons. The Balaban J connectivity index is 2.42. The summed E-state index contributed by atoms with van der Waals surface area (Å²) >= 11 is 0. The Bertz CT molecular complexity index is 462. The highest BCUT2D eigenvalue weighted by Gasteiger charge is 2.04. The lowest BCUT2D eigenvalue weighted by atomic mass is 10.0. The second-order valence-electron chi connectivity index (χ2n) is 3.85. The summed E-state index contributed by atoms with van der Waals surface area (Å²) in [5.41, 5.74) is 4.41. The van der Waals surface area contributed by atoms with Gasteiger partial charge in [-0.3, -0.25) is 4.98 Å². The topological polar surface area (TPSA) is 33.1 Å². The monoisotopic (exact) mass is 213 g/mol. The predicted octanol–water partition coefficient (Wildman–Crippen LogP) is 2.59. The summed E-state index contributed by atoms with van der Waals surface area (Å²) in [6, 6.07) is 12.2. The van der Waals surface area contributed by atoms with E-state index < -0.39 is 0 Å². The van der Waals surface area contributed by atoms with Crippen LogP contribution in [0.15, 0.2) is 42.6 Å². The van der Waals surface area contributed by atoms with Crippen LogP contribution in [0.5, 0.6) is 0 Å². The van der Waals surface area contributed by atoms with Gasteiger partial charge >= 0.3 is 0 Å². The van der Waals surface area contributed by atoms with Crippen LogP contribution in [-0.2, 0) is 6.42 Å². The molecule has 2 rings (SSSR count). The van der Waals surface area contributed by atoms with Crippen LogP contribution >= 0.6 is 0 Å². The zero-order valence-corrected chi connectivity index (χ0v) is 9.35. The molecule has 0 aliphatic carbocycles. The number of hydrogen-bond acceptors (Lipinski definition) is 2. The summed E-state index contributed by atoms with van der Waals surface area (Å²) in [6.07, 6.45) is 2.44. The van der Waals surface area contributed by atoms with Crippen LogP contribution in [0.1, 0.15) is 11.1 Å². The molecule has 0 atom stereocenters. The number of pyridine rings is 1. The molecule has 0 saturated heterocycles. The molecule has 2 heteroatoms. The summed E-state index contributed by atoms with van der Waals surface area (Å²) < 4.78 is 0. The number of aryl methyl sites for hydroxylation is 1. The average Bonchev–Trinajstić information content (AvgIpc) is 2.32. The van der Waals surface area contributed by atoms with Crippen LogP contribution in [0.4, 0.5) is 0 Å². The Morgan fingerprint density at radius 1 is 1.12 bits per heavy atom. The summed E-state index contributed by atoms with van der Waals surface area (Å²) in [4.78, 5) is 4.39. The van der Waals surface area contributed by atoms with E-state index in [2.05, 4.69) is 36.2 Å². The maximum atomic E-state index is 9.01. The molecule has 0 aliphatic heterocycles. The van der Waals surface area contributed by atoms with Crippen molar-refractivity contribution in [2.24, 2.45) is 0 Å². The molecule has 82 valence electrons. The van der Waals surface area contributed by atoms with E-state index in [4.69, 9.17) is 5.11 Å². The summed E-state index contributed by atoms with van der Waals surface area (Å²) in [6.45, 7) is 2.22. The third-order valence-corrected chi connectivity index (χ3v) is 2.60. The lowest BCUT2D eigenvalue weighted by Gasteiger charge is -2.07. The van der Waals surface area contributed by atoms with Crippen LogP contribution in [-0.4, -0.2) is 16.7 Å². The van der Waals surface area contributed by atoms with Gasteiger partial charge in [-0.15, -0.1) is 0 Å². The van der Waals surface area contributed by atoms with E-state index in [-0.39, 0.29) is 6.61 Å². The largest absolute Gasteiger partial charge is 0.396 e. The molecule has 0 spiro atoms. The molecule has 0 bridgehead atoms. The van der Waals surface area contributed by atoms with Crippen LogP contribution in [0.3, 0.4) is 0 Å². The zero-order valence-electron chi connectivity index (χ0n) is 9.35. The van der Waals surface area contributed by atoms with Crippen molar-refractivity contribution in [2.45, 2.75) is 13.3 Å². The van der Waals surface area contributed by atoms with Gasteiger partial charge in [-0.25, -0.2) is 0 Å². The average molecular weight is 213 g/mol. The number of rotatable bonds is 3. The summed E-state index contributed by atoms with van der Waals surface area (Å²) in [7, 11) is 0. The Kier molecular flexibility index (Phi) is 3.32. The number of aliphatic hydroxyl groups excluding tert-OH is 1. The Hall–Kier alpha value is -1.67. The number of hydrogen-bond donors (Lipinski definition) is 1. The van der Waals surface area contributed by atoms with Gasteiger partial charge in [0.25, 0.3) is 0 Å². The lowest BCUT2D eigenvalue weighted by molar-refractivity contribution is 0.299. The van der Waals surface area contributed by atoms with E-state index in [9.17, 15) is 0 Å². The number of aromatic nitrogens is 1. The highest BCUT2D eigenvalue weighted by atomic mass is 16.2. The third-order valence-electron chi connectivity index (χ3n) is 2.60. The van der Waals surface area contributed by atoms with Gasteiger partial charge in [-0.2, -0.15) is 0 Å². The van der Waals surface area contributed by atoms with Crippen molar-refractivity contribution >= 4 is 0 Å². The van der Waals surface area contributed by atoms with Crippen molar-refractivity contribution in [3.05, 3.63) is 53.7 Å². The van der Waals surface area contributed by atoms with Gasteiger partial charge < -0.3 is 5.11 Å². The van der Waals surface area contributed by atoms with E-state index in [1.165, 1.54) is 5.56 Å². The molecular weight excluding hydrogens is 198 g/mol. The fourth-order valence-electron chi connectivity index (χ4n) is 1.73. The van der Waals surface area contributed by atoms with Crippen molar-refractivity contribution in [2.75, 3.05) is 6.61 Å². The fourth-order valence-corrected chi connectivity index (χ4v) is 1.73. The Morgan fingerprint density at radius 2 is 1.88 bits per heavy atom. The summed E-state index contributed by atoms with van der Waals surface area (Å²) in [5, 5.41) is 9.01. The zero-order chi connectivity index (χ0) is 11.4. The van der Waals surface area contributed by atoms with Gasteiger partial charge in [0.15, 0.2) is 0 Å². The van der Waals surface area contributed by atoms with Crippen molar-refractivity contribution in [1.29, 1.82) is 0 Å². The van der Waals surface area contributed by atoms with Crippen LogP contribution < -0.4 is 0 Å². The molecule has 0 fully saturated rings. The standard InChI is InChI=1S/C14H15NO/c1-11-4-6-13(7-5-11)14-12(8-10-16)3-2-9-15-14/h2-7,9,16H,8,10H2,1H3. The van der Waals surface area contributed by atoms with Gasteiger partial charge in [0.1, 0.15) is 0 Å². The SMILES string of the molecule is Cc1ccc(-c2ncccc2CCO)cc1. The van der Waals surface area contributed by atoms with Gasteiger partial charge in [0.2, 0.25) is 0 Å². The molecule has 1 heterocycles. The van der Waals surface area contributed by atoms with Crippen molar-refractivity contribution < 1.29 is 5.11 Å². The Labute approximate surface area is 95.6 Å². The van der Waals surface area contributed by atoms with Gasteiger partial charge in [-0.05, 0) is 25.0 Å². The minimum Gasteiger partial charge on any atom is -0.396 e. The quantitative estimate of drug-likeness (QED) is 0.850. The van der Waals surface area contributed by atoms with Crippen molar-refractivity contribution in [1.82, 2.24) is 4.98 Å². The molecule has 1 aromatic carbocycles. The highest BCUT2D eigenvalue weighted by Crippen LogP contribution is 2.21. The molecule has 16 heavy (non-hydrogen) atoms. The third kappa shape index (κ3) is 2.28. The van der Waals surface area contributed by atoms with Crippen molar-refractivity contribution in [3.8, 4) is 11.3 Å². The Morgan fingerprint density at radius 3 is 2.56 bits per heavy atom. The first-order valence-electron chi connectivity index (χ1n) is 5.43. The first-order chi connectivity index (χ1) is 7.81. The molecule has 1 N–H and O–H groups in total. The maximum Gasteiger partial charge on any atom is 0.0734 e. The molecule has 2 nitrogen and oxygen atoms in total. The van der Waals surface area contributed by atoms with E-state index in [0.29, 0.717) is 6.42 Å². The molecule has 0 saturated carbocycles. The first kappa shape index (κ1) is 10.8. The van der Waals surface area contributed by atoms with Gasteiger partial charge in [0, 0.05) is 18.4 Å². The van der Waals surface area contributed by atoms with Crippen LogP contribution in [0, 0.1) is 6.92 Å². The highest BCUT2D eigenvalue weighted by molar-refractivity contribution is 5.63.